The number of rotatable bonds is 7. The second kappa shape index (κ2) is 8.52. The van der Waals surface area contributed by atoms with Crippen LogP contribution in [0.3, 0.4) is 0 Å². The lowest BCUT2D eigenvalue weighted by atomic mass is 10.0. The number of halogens is 2. The fraction of sp³-hybridized carbons (Fsp3) is 0.136. The molecule has 0 N–H and O–H groups in total. The predicted molar refractivity (Wildman–Crippen MR) is 103 cm³/mol. The summed E-state index contributed by atoms with van der Waals surface area (Å²) in [6, 6.07) is 15.6. The summed E-state index contributed by atoms with van der Waals surface area (Å²) in [4.78, 5) is 12.5. The molecule has 0 atom stereocenters. The molecule has 144 valence electrons. The van der Waals surface area contributed by atoms with Gasteiger partial charge in [0.25, 0.3) is 0 Å². The molecule has 6 heteroatoms. The number of hydrogen-bond donors (Lipinski definition) is 0. The first-order chi connectivity index (χ1) is 13.5. The summed E-state index contributed by atoms with van der Waals surface area (Å²) >= 11 is 0. The first-order valence-electron chi connectivity index (χ1n) is 8.44. The third-order valence-corrected chi connectivity index (χ3v) is 4.18. The number of ether oxygens (including phenoxy) is 3. The van der Waals surface area contributed by atoms with Crippen molar-refractivity contribution in [2.75, 3.05) is 14.2 Å². The Labute approximate surface area is 161 Å². The lowest BCUT2D eigenvalue weighted by molar-refractivity contribution is -0.0513. The monoisotopic (exact) mass is 384 g/mol. The van der Waals surface area contributed by atoms with Crippen molar-refractivity contribution in [3.8, 4) is 17.2 Å². The van der Waals surface area contributed by atoms with E-state index in [0.717, 1.165) is 16.5 Å². The Morgan fingerprint density at radius 3 is 2.43 bits per heavy atom. The highest BCUT2D eigenvalue weighted by molar-refractivity contribution is 6.08. The molecule has 0 unspecified atom stereocenters. The van der Waals surface area contributed by atoms with Crippen molar-refractivity contribution >= 4 is 22.6 Å². The SMILES string of the molecule is COc1ccc2cc(C(=O)/C=C/c3cccc(OC)c3OC(F)F)ccc2c1. The number of methoxy groups -OCH3 is 2. The van der Waals surface area contributed by atoms with Gasteiger partial charge in [-0.05, 0) is 47.2 Å². The van der Waals surface area contributed by atoms with Gasteiger partial charge < -0.3 is 14.2 Å². The fourth-order valence-electron chi connectivity index (χ4n) is 2.81. The van der Waals surface area contributed by atoms with Crippen LogP contribution in [0.5, 0.6) is 17.2 Å². The zero-order chi connectivity index (χ0) is 20.1. The van der Waals surface area contributed by atoms with Gasteiger partial charge in [0.1, 0.15) is 5.75 Å². The molecule has 3 rings (SSSR count). The lowest BCUT2D eigenvalue weighted by Gasteiger charge is -2.12. The van der Waals surface area contributed by atoms with Crippen molar-refractivity contribution < 1.29 is 27.8 Å². The normalized spacial score (nSPS) is 11.2. The molecule has 3 aromatic carbocycles. The van der Waals surface area contributed by atoms with Crippen LogP contribution >= 0.6 is 0 Å². The average Bonchev–Trinajstić information content (AvgIpc) is 2.71. The van der Waals surface area contributed by atoms with E-state index in [0.29, 0.717) is 11.1 Å². The molecule has 3 aromatic rings. The number of allylic oxidation sites excluding steroid dienone is 1. The van der Waals surface area contributed by atoms with Crippen molar-refractivity contribution in [3.05, 3.63) is 71.8 Å². The van der Waals surface area contributed by atoms with Crippen LogP contribution in [0, 0.1) is 0 Å². The van der Waals surface area contributed by atoms with Crippen LogP contribution in [0.15, 0.2) is 60.7 Å². The maximum absolute atomic E-state index is 12.7. The molecule has 0 amide bonds. The number of carbonyl (C=O) groups excluding carboxylic acids is 1. The van der Waals surface area contributed by atoms with E-state index < -0.39 is 6.61 Å². The van der Waals surface area contributed by atoms with E-state index in [4.69, 9.17) is 9.47 Å². The zero-order valence-electron chi connectivity index (χ0n) is 15.3. The minimum atomic E-state index is -3.00. The highest BCUT2D eigenvalue weighted by atomic mass is 19.3. The Hall–Kier alpha value is -3.41. The number of fused-ring (bicyclic) bond motifs is 1. The highest BCUT2D eigenvalue weighted by Crippen LogP contribution is 2.33. The summed E-state index contributed by atoms with van der Waals surface area (Å²) in [7, 11) is 2.95. The molecule has 0 heterocycles. The standard InChI is InChI=1S/C22H18F2O4/c1-26-18-10-8-15-12-17(7-6-16(15)13-18)19(25)11-9-14-4-3-5-20(27-2)21(14)28-22(23)24/h3-13,22H,1-2H3/b11-9+. The molecule has 28 heavy (non-hydrogen) atoms. The third-order valence-electron chi connectivity index (χ3n) is 4.18. The van der Waals surface area contributed by atoms with Crippen molar-refractivity contribution in [1.29, 1.82) is 0 Å². The van der Waals surface area contributed by atoms with Crippen molar-refractivity contribution in [2.45, 2.75) is 6.61 Å². The van der Waals surface area contributed by atoms with Crippen LogP contribution in [0.2, 0.25) is 0 Å². The van der Waals surface area contributed by atoms with Gasteiger partial charge in [0.15, 0.2) is 17.3 Å². The van der Waals surface area contributed by atoms with Gasteiger partial charge in [-0.15, -0.1) is 0 Å². The molecule has 0 spiro atoms. The molecule has 4 nitrogen and oxygen atoms in total. The largest absolute Gasteiger partial charge is 0.497 e. The Balaban J connectivity index is 1.88. The summed E-state index contributed by atoms with van der Waals surface area (Å²) in [6.45, 7) is -3.00. The second-order valence-electron chi connectivity index (χ2n) is 5.88. The fourth-order valence-corrected chi connectivity index (χ4v) is 2.81. The quantitative estimate of drug-likeness (QED) is 0.407. The molecule has 0 aliphatic heterocycles. The molecule has 0 saturated heterocycles. The number of hydrogen-bond acceptors (Lipinski definition) is 4. The van der Waals surface area contributed by atoms with E-state index >= 15 is 0 Å². The van der Waals surface area contributed by atoms with Gasteiger partial charge in [0.2, 0.25) is 0 Å². The molecule has 0 aromatic heterocycles. The summed E-state index contributed by atoms with van der Waals surface area (Å²) in [5.74, 6) is 0.517. The summed E-state index contributed by atoms with van der Waals surface area (Å²) in [6.07, 6.45) is 2.75. The molecule has 0 radical (unpaired) electrons. The van der Waals surface area contributed by atoms with Gasteiger partial charge in [-0.2, -0.15) is 8.78 Å². The van der Waals surface area contributed by atoms with Gasteiger partial charge in [-0.1, -0.05) is 30.3 Å². The van der Waals surface area contributed by atoms with E-state index in [1.54, 1.807) is 31.4 Å². The highest BCUT2D eigenvalue weighted by Gasteiger charge is 2.14. The molecular weight excluding hydrogens is 366 g/mol. The average molecular weight is 384 g/mol. The van der Waals surface area contributed by atoms with Crippen LogP contribution in [-0.4, -0.2) is 26.6 Å². The number of para-hydroxylation sites is 1. The minimum Gasteiger partial charge on any atom is -0.497 e. The van der Waals surface area contributed by atoms with Gasteiger partial charge in [-0.25, -0.2) is 0 Å². The molecule has 0 fully saturated rings. The van der Waals surface area contributed by atoms with Crippen LogP contribution in [0.1, 0.15) is 15.9 Å². The maximum Gasteiger partial charge on any atom is 0.387 e. The lowest BCUT2D eigenvalue weighted by Crippen LogP contribution is -2.05. The molecule has 0 saturated carbocycles. The Morgan fingerprint density at radius 1 is 0.964 bits per heavy atom. The summed E-state index contributed by atoms with van der Waals surface area (Å²) in [5, 5.41) is 1.84. The summed E-state index contributed by atoms with van der Waals surface area (Å²) < 4.78 is 40.2. The van der Waals surface area contributed by atoms with Gasteiger partial charge in [0, 0.05) is 11.1 Å². The van der Waals surface area contributed by atoms with E-state index in [9.17, 15) is 13.6 Å². The zero-order valence-corrected chi connectivity index (χ0v) is 15.3. The number of benzene rings is 3. The van der Waals surface area contributed by atoms with Crippen LogP contribution in [-0.2, 0) is 0 Å². The second-order valence-corrected chi connectivity index (χ2v) is 5.88. The maximum atomic E-state index is 12.7. The number of alkyl halides is 2. The van der Waals surface area contributed by atoms with Crippen LogP contribution in [0.25, 0.3) is 16.8 Å². The van der Waals surface area contributed by atoms with Crippen LogP contribution < -0.4 is 14.2 Å². The van der Waals surface area contributed by atoms with Gasteiger partial charge in [0.05, 0.1) is 14.2 Å². The van der Waals surface area contributed by atoms with E-state index in [-0.39, 0.29) is 17.3 Å². The van der Waals surface area contributed by atoms with E-state index in [2.05, 4.69) is 4.74 Å². The summed E-state index contributed by atoms with van der Waals surface area (Å²) in [5.41, 5.74) is 0.798. The Morgan fingerprint density at radius 2 is 1.71 bits per heavy atom. The minimum absolute atomic E-state index is 0.116. The predicted octanol–water partition coefficient (Wildman–Crippen LogP) is 5.35. The van der Waals surface area contributed by atoms with Crippen molar-refractivity contribution in [3.63, 3.8) is 0 Å². The number of carbonyl (C=O) groups is 1. The van der Waals surface area contributed by atoms with Crippen LogP contribution in [0.4, 0.5) is 8.78 Å². The van der Waals surface area contributed by atoms with Crippen molar-refractivity contribution in [1.82, 2.24) is 0 Å². The topological polar surface area (TPSA) is 44.8 Å². The third kappa shape index (κ3) is 4.28. The van der Waals surface area contributed by atoms with E-state index in [1.165, 1.54) is 25.3 Å². The Bertz CT molecular complexity index is 1030. The molecule has 0 aliphatic carbocycles. The van der Waals surface area contributed by atoms with Gasteiger partial charge in [-0.3, -0.25) is 4.79 Å². The smallest absolute Gasteiger partial charge is 0.387 e. The van der Waals surface area contributed by atoms with Gasteiger partial charge >= 0.3 is 6.61 Å². The molecular formula is C22H18F2O4. The van der Waals surface area contributed by atoms with E-state index in [1.807, 2.05) is 24.3 Å². The molecule has 0 bridgehead atoms. The number of ketones is 1. The first-order valence-corrected chi connectivity index (χ1v) is 8.44. The Kier molecular flexibility index (Phi) is 5.89. The molecule has 0 aliphatic rings. The first kappa shape index (κ1) is 19.4. The van der Waals surface area contributed by atoms with Crippen molar-refractivity contribution in [2.24, 2.45) is 0 Å².